The predicted octanol–water partition coefficient (Wildman–Crippen LogP) is 1.87. The van der Waals surface area contributed by atoms with E-state index in [0.717, 1.165) is 45.0 Å². The van der Waals surface area contributed by atoms with Crippen molar-refractivity contribution in [3.63, 3.8) is 0 Å². The molecule has 0 amide bonds. The van der Waals surface area contributed by atoms with Crippen LogP contribution >= 0.6 is 0 Å². The Balaban J connectivity index is 2.27. The van der Waals surface area contributed by atoms with Crippen LogP contribution in [-0.2, 0) is 9.47 Å². The molecule has 0 radical (unpaired) electrons. The van der Waals surface area contributed by atoms with Gasteiger partial charge < -0.3 is 9.47 Å². The van der Waals surface area contributed by atoms with Crippen molar-refractivity contribution < 1.29 is 9.47 Å². The highest BCUT2D eigenvalue weighted by Crippen LogP contribution is 2.19. The fraction of sp³-hybridized carbons (Fsp3) is 0.900. The van der Waals surface area contributed by atoms with Gasteiger partial charge in [0, 0.05) is 26.7 Å². The van der Waals surface area contributed by atoms with Gasteiger partial charge in [-0.2, -0.15) is 0 Å². The Labute approximate surface area is 80.1 Å². The molecule has 0 bridgehead atoms. The van der Waals surface area contributed by atoms with Crippen molar-refractivity contribution in [2.75, 3.05) is 26.9 Å². The van der Waals surface area contributed by atoms with Crippen molar-refractivity contribution in [2.24, 2.45) is 10.9 Å². The van der Waals surface area contributed by atoms with E-state index in [9.17, 15) is 0 Å². The first kappa shape index (κ1) is 10.5. The molecule has 0 aromatic heterocycles. The van der Waals surface area contributed by atoms with Crippen LogP contribution in [0, 0.1) is 5.92 Å². The molecule has 3 heteroatoms. The van der Waals surface area contributed by atoms with E-state index in [2.05, 4.69) is 4.99 Å². The van der Waals surface area contributed by atoms with Gasteiger partial charge >= 0.3 is 0 Å². The minimum absolute atomic E-state index is 0.707. The Bertz CT molecular complexity index is 162. The normalized spacial score (nSPS) is 20.3. The zero-order chi connectivity index (χ0) is 9.52. The quantitative estimate of drug-likeness (QED) is 0.496. The first-order valence-corrected chi connectivity index (χ1v) is 5.03. The van der Waals surface area contributed by atoms with Gasteiger partial charge in [0.15, 0.2) is 5.90 Å². The Morgan fingerprint density at radius 2 is 2.15 bits per heavy atom. The molecule has 0 unspecified atom stereocenters. The van der Waals surface area contributed by atoms with Gasteiger partial charge in [-0.25, -0.2) is 0 Å². The summed E-state index contributed by atoms with van der Waals surface area (Å²) in [5.41, 5.74) is 0. The molecule has 0 aliphatic carbocycles. The lowest BCUT2D eigenvalue weighted by molar-refractivity contribution is 0.0667. The molecule has 0 aromatic rings. The van der Waals surface area contributed by atoms with Crippen molar-refractivity contribution in [1.82, 2.24) is 0 Å². The highest BCUT2D eigenvalue weighted by atomic mass is 16.5. The molecule has 0 atom stereocenters. The maximum Gasteiger partial charge on any atom is 0.183 e. The summed E-state index contributed by atoms with van der Waals surface area (Å²) < 4.78 is 10.7. The van der Waals surface area contributed by atoms with Crippen LogP contribution in [0.2, 0.25) is 0 Å². The van der Waals surface area contributed by atoms with Crippen LogP contribution in [0.3, 0.4) is 0 Å². The van der Waals surface area contributed by atoms with Crippen LogP contribution < -0.4 is 0 Å². The van der Waals surface area contributed by atoms with E-state index in [0.29, 0.717) is 5.92 Å². The van der Waals surface area contributed by atoms with E-state index in [1.54, 1.807) is 7.05 Å². The number of rotatable bonds is 3. The molecule has 0 saturated carbocycles. The molecule has 0 aromatic carbocycles. The summed E-state index contributed by atoms with van der Waals surface area (Å²) in [5.74, 6) is 1.60. The van der Waals surface area contributed by atoms with Gasteiger partial charge in [-0.3, -0.25) is 4.99 Å². The molecule has 1 saturated heterocycles. The lowest BCUT2D eigenvalue weighted by Crippen LogP contribution is -2.19. The molecule has 0 spiro atoms. The van der Waals surface area contributed by atoms with E-state index in [-0.39, 0.29) is 0 Å². The summed E-state index contributed by atoms with van der Waals surface area (Å²) in [5, 5.41) is 0. The van der Waals surface area contributed by atoms with E-state index < -0.39 is 0 Å². The standard InChI is InChI=1S/C10H19NO2/c1-3-13-10(11-2)8-9-4-6-12-7-5-9/h9H,3-8H2,1-2H3. The fourth-order valence-electron chi connectivity index (χ4n) is 1.58. The van der Waals surface area contributed by atoms with Crippen molar-refractivity contribution in [2.45, 2.75) is 26.2 Å². The van der Waals surface area contributed by atoms with Crippen molar-refractivity contribution in [3.8, 4) is 0 Å². The van der Waals surface area contributed by atoms with Gasteiger partial charge in [0.2, 0.25) is 0 Å². The summed E-state index contributed by atoms with van der Waals surface area (Å²) in [7, 11) is 1.80. The van der Waals surface area contributed by atoms with Crippen molar-refractivity contribution in [1.29, 1.82) is 0 Å². The van der Waals surface area contributed by atoms with Gasteiger partial charge in [-0.15, -0.1) is 0 Å². The first-order valence-electron chi connectivity index (χ1n) is 5.03. The minimum Gasteiger partial charge on any atom is -0.481 e. The molecule has 13 heavy (non-hydrogen) atoms. The topological polar surface area (TPSA) is 30.8 Å². The minimum atomic E-state index is 0.707. The third kappa shape index (κ3) is 3.77. The molecule has 0 N–H and O–H groups in total. The summed E-state index contributed by atoms with van der Waals surface area (Å²) in [4.78, 5) is 4.13. The van der Waals surface area contributed by atoms with E-state index in [1.165, 1.54) is 0 Å². The Kier molecular flexibility index (Phi) is 4.83. The van der Waals surface area contributed by atoms with Crippen LogP contribution in [-0.4, -0.2) is 32.8 Å². The maximum absolute atomic E-state index is 5.40. The van der Waals surface area contributed by atoms with Gasteiger partial charge in [0.25, 0.3) is 0 Å². The highest BCUT2D eigenvalue weighted by molar-refractivity contribution is 5.76. The molecular formula is C10H19NO2. The summed E-state index contributed by atoms with van der Waals surface area (Å²) in [6, 6.07) is 0. The highest BCUT2D eigenvalue weighted by Gasteiger charge is 2.16. The average Bonchev–Trinajstić information content (AvgIpc) is 2.19. The molecule has 76 valence electrons. The van der Waals surface area contributed by atoms with Gasteiger partial charge in [0.05, 0.1) is 6.61 Å². The molecule has 1 heterocycles. The largest absolute Gasteiger partial charge is 0.481 e. The second-order valence-electron chi connectivity index (χ2n) is 3.31. The van der Waals surface area contributed by atoms with E-state index in [1.807, 2.05) is 6.92 Å². The van der Waals surface area contributed by atoms with Gasteiger partial charge in [-0.05, 0) is 25.7 Å². The van der Waals surface area contributed by atoms with Crippen LogP contribution in [0.15, 0.2) is 4.99 Å². The van der Waals surface area contributed by atoms with E-state index >= 15 is 0 Å². The monoisotopic (exact) mass is 185 g/mol. The van der Waals surface area contributed by atoms with Gasteiger partial charge in [0.1, 0.15) is 0 Å². The molecule has 1 fully saturated rings. The molecule has 1 aliphatic heterocycles. The van der Waals surface area contributed by atoms with Gasteiger partial charge in [-0.1, -0.05) is 0 Å². The fourth-order valence-corrected chi connectivity index (χ4v) is 1.58. The Hall–Kier alpha value is -0.570. The lowest BCUT2D eigenvalue weighted by Gasteiger charge is -2.22. The summed E-state index contributed by atoms with van der Waals surface area (Å²) in [6.07, 6.45) is 3.27. The third-order valence-electron chi connectivity index (χ3n) is 2.36. The summed E-state index contributed by atoms with van der Waals surface area (Å²) >= 11 is 0. The zero-order valence-corrected chi connectivity index (χ0v) is 8.58. The maximum atomic E-state index is 5.40. The number of aliphatic imine (C=N–C) groups is 1. The first-order chi connectivity index (χ1) is 6.36. The second kappa shape index (κ2) is 5.97. The Morgan fingerprint density at radius 1 is 1.46 bits per heavy atom. The smallest absolute Gasteiger partial charge is 0.183 e. The van der Waals surface area contributed by atoms with Crippen LogP contribution in [0.4, 0.5) is 0 Å². The van der Waals surface area contributed by atoms with Crippen LogP contribution in [0.25, 0.3) is 0 Å². The second-order valence-corrected chi connectivity index (χ2v) is 3.31. The SMILES string of the molecule is CCOC(CC1CCOCC1)=NC. The molecule has 1 rings (SSSR count). The molecule has 3 nitrogen and oxygen atoms in total. The Morgan fingerprint density at radius 3 is 2.69 bits per heavy atom. The van der Waals surface area contributed by atoms with Crippen molar-refractivity contribution >= 4 is 5.90 Å². The lowest BCUT2D eigenvalue weighted by atomic mass is 9.96. The number of hydrogen-bond acceptors (Lipinski definition) is 3. The van der Waals surface area contributed by atoms with Crippen LogP contribution in [0.1, 0.15) is 26.2 Å². The predicted molar refractivity (Wildman–Crippen MR) is 53.1 cm³/mol. The molecule has 1 aliphatic rings. The number of nitrogens with zero attached hydrogens (tertiary/aromatic N) is 1. The van der Waals surface area contributed by atoms with E-state index in [4.69, 9.17) is 9.47 Å². The number of hydrogen-bond donors (Lipinski definition) is 0. The van der Waals surface area contributed by atoms with Crippen molar-refractivity contribution in [3.05, 3.63) is 0 Å². The average molecular weight is 185 g/mol. The summed E-state index contributed by atoms with van der Waals surface area (Å²) in [6.45, 7) is 4.51. The third-order valence-corrected chi connectivity index (χ3v) is 2.36. The molecular weight excluding hydrogens is 166 g/mol. The van der Waals surface area contributed by atoms with Crippen LogP contribution in [0.5, 0.6) is 0 Å². The number of ether oxygens (including phenoxy) is 2. The zero-order valence-electron chi connectivity index (χ0n) is 8.58.